The van der Waals surface area contributed by atoms with Crippen molar-refractivity contribution in [1.29, 1.82) is 0 Å². The Bertz CT molecular complexity index is 570. The summed E-state index contributed by atoms with van der Waals surface area (Å²) in [4.78, 5) is 4.48. The Kier molecular flexibility index (Phi) is 4.31. The first-order chi connectivity index (χ1) is 10.3. The fraction of sp³-hybridized carbons (Fsp3) is 0.500. The van der Waals surface area contributed by atoms with Crippen LogP contribution in [0.15, 0.2) is 34.9 Å². The molecule has 3 rings (SSSR count). The van der Waals surface area contributed by atoms with Crippen molar-refractivity contribution in [1.82, 2.24) is 10.1 Å². The Morgan fingerprint density at radius 2 is 2.14 bits per heavy atom. The highest BCUT2D eigenvalue weighted by molar-refractivity contribution is 5.22. The van der Waals surface area contributed by atoms with Crippen LogP contribution >= 0.6 is 0 Å². The Hall–Kier alpha value is -1.72. The quantitative estimate of drug-likeness (QED) is 0.916. The lowest BCUT2D eigenvalue weighted by atomic mass is 10.1. The van der Waals surface area contributed by atoms with E-state index in [0.717, 1.165) is 24.8 Å². The minimum Gasteiger partial charge on any atom is -0.392 e. The van der Waals surface area contributed by atoms with E-state index < -0.39 is 0 Å². The molecule has 0 spiro atoms. The first-order valence-corrected chi connectivity index (χ1v) is 7.47. The van der Waals surface area contributed by atoms with Crippen molar-refractivity contribution in [2.24, 2.45) is 0 Å². The Morgan fingerprint density at radius 3 is 2.81 bits per heavy atom. The first-order valence-electron chi connectivity index (χ1n) is 7.47. The molecule has 21 heavy (non-hydrogen) atoms. The van der Waals surface area contributed by atoms with Gasteiger partial charge in [0.25, 0.3) is 0 Å². The van der Waals surface area contributed by atoms with Crippen LogP contribution in [-0.4, -0.2) is 28.0 Å². The van der Waals surface area contributed by atoms with Crippen molar-refractivity contribution in [3.8, 4) is 0 Å². The number of aliphatic hydroxyl groups is 1. The number of ether oxygens (including phenoxy) is 1. The van der Waals surface area contributed by atoms with Crippen LogP contribution in [0.4, 0.5) is 0 Å². The lowest BCUT2D eigenvalue weighted by Gasteiger charge is -2.13. The number of hydrogen-bond donors (Lipinski definition) is 1. The van der Waals surface area contributed by atoms with Crippen LogP contribution in [0.5, 0.6) is 0 Å². The second-order valence-corrected chi connectivity index (χ2v) is 5.34. The third-order valence-corrected chi connectivity index (χ3v) is 3.92. The van der Waals surface area contributed by atoms with Crippen LogP contribution in [-0.2, 0) is 4.74 Å². The molecule has 1 aliphatic rings. The lowest BCUT2D eigenvalue weighted by molar-refractivity contribution is 0.0833. The maximum absolute atomic E-state index is 9.95. The maximum atomic E-state index is 9.95. The fourth-order valence-electron chi connectivity index (χ4n) is 2.85. The first kappa shape index (κ1) is 14.2. The third kappa shape index (κ3) is 2.99. The number of aliphatic hydroxyl groups excluding tert-OH is 1. The lowest BCUT2D eigenvalue weighted by Crippen LogP contribution is -2.12. The van der Waals surface area contributed by atoms with Gasteiger partial charge < -0.3 is 14.4 Å². The average molecular weight is 288 g/mol. The molecule has 112 valence electrons. The average Bonchev–Trinajstić information content (AvgIpc) is 3.14. The Labute approximate surface area is 123 Å². The van der Waals surface area contributed by atoms with Gasteiger partial charge in [0.2, 0.25) is 11.7 Å². The van der Waals surface area contributed by atoms with Crippen molar-refractivity contribution in [2.75, 3.05) is 6.61 Å². The Balaban J connectivity index is 1.85. The maximum Gasteiger partial charge on any atom is 0.232 e. The number of hydrogen-bond acceptors (Lipinski definition) is 5. The molecular formula is C16H20N2O3. The highest BCUT2D eigenvalue weighted by Crippen LogP contribution is 2.34. The molecule has 1 N–H and O–H groups in total. The van der Waals surface area contributed by atoms with Gasteiger partial charge in [0, 0.05) is 6.61 Å². The van der Waals surface area contributed by atoms with E-state index in [-0.39, 0.29) is 18.1 Å². The molecule has 1 aromatic carbocycles. The van der Waals surface area contributed by atoms with Crippen LogP contribution in [0.1, 0.15) is 55.5 Å². The van der Waals surface area contributed by atoms with E-state index in [9.17, 15) is 5.11 Å². The van der Waals surface area contributed by atoms with Gasteiger partial charge in [-0.05, 0) is 31.7 Å². The van der Waals surface area contributed by atoms with Gasteiger partial charge in [-0.25, -0.2) is 0 Å². The summed E-state index contributed by atoms with van der Waals surface area (Å²) in [5, 5.41) is 14.0. The molecule has 1 heterocycles. The monoisotopic (exact) mass is 288 g/mol. The van der Waals surface area contributed by atoms with Crippen LogP contribution in [0.25, 0.3) is 0 Å². The zero-order valence-electron chi connectivity index (χ0n) is 12.1. The molecule has 1 aliphatic carbocycles. The molecule has 1 saturated carbocycles. The largest absolute Gasteiger partial charge is 0.392 e. The predicted molar refractivity (Wildman–Crippen MR) is 76.8 cm³/mol. The minimum absolute atomic E-state index is 0.0377. The van der Waals surface area contributed by atoms with Crippen molar-refractivity contribution in [3.05, 3.63) is 47.6 Å². The smallest absolute Gasteiger partial charge is 0.232 e. The van der Waals surface area contributed by atoms with Gasteiger partial charge in [-0.2, -0.15) is 4.98 Å². The van der Waals surface area contributed by atoms with Gasteiger partial charge in [0.1, 0.15) is 6.10 Å². The normalized spacial score (nSPS) is 23.3. The summed E-state index contributed by atoms with van der Waals surface area (Å²) in [7, 11) is 0. The molecule has 5 nitrogen and oxygen atoms in total. The summed E-state index contributed by atoms with van der Waals surface area (Å²) in [5.41, 5.74) is 0.999. The van der Waals surface area contributed by atoms with Crippen molar-refractivity contribution < 1.29 is 14.4 Å². The number of rotatable bonds is 5. The van der Waals surface area contributed by atoms with E-state index in [2.05, 4.69) is 10.1 Å². The second kappa shape index (κ2) is 6.37. The van der Waals surface area contributed by atoms with Crippen molar-refractivity contribution >= 4 is 0 Å². The zero-order chi connectivity index (χ0) is 14.7. The number of benzene rings is 1. The second-order valence-electron chi connectivity index (χ2n) is 5.34. The third-order valence-electron chi connectivity index (χ3n) is 3.92. The van der Waals surface area contributed by atoms with Crippen LogP contribution < -0.4 is 0 Å². The van der Waals surface area contributed by atoms with E-state index in [1.54, 1.807) is 0 Å². The van der Waals surface area contributed by atoms with Crippen molar-refractivity contribution in [2.45, 2.75) is 44.3 Å². The fourth-order valence-corrected chi connectivity index (χ4v) is 2.85. The molecule has 0 radical (unpaired) electrons. The predicted octanol–water partition coefficient (Wildman–Crippen LogP) is 2.82. The Morgan fingerprint density at radius 1 is 1.33 bits per heavy atom. The number of nitrogens with zero attached hydrogens (tertiary/aromatic N) is 2. The molecular weight excluding hydrogens is 268 g/mol. The minimum atomic E-state index is -0.374. The van der Waals surface area contributed by atoms with Gasteiger partial charge in [-0.1, -0.05) is 35.5 Å². The summed E-state index contributed by atoms with van der Waals surface area (Å²) in [6, 6.07) is 9.86. The molecule has 2 aromatic rings. The molecule has 3 atom stereocenters. The summed E-state index contributed by atoms with van der Waals surface area (Å²) >= 11 is 0. The van der Waals surface area contributed by atoms with Crippen LogP contribution in [0, 0.1) is 0 Å². The van der Waals surface area contributed by atoms with Gasteiger partial charge in [-0.3, -0.25) is 0 Å². The van der Waals surface area contributed by atoms with Crippen LogP contribution in [0.2, 0.25) is 0 Å². The summed E-state index contributed by atoms with van der Waals surface area (Å²) in [6.07, 6.45) is 1.99. The topological polar surface area (TPSA) is 68.4 Å². The molecule has 5 heteroatoms. The SMILES string of the molecule is CCOC(c1ccccc1)c1noc(C2CCCC2O)n1. The van der Waals surface area contributed by atoms with E-state index in [1.165, 1.54) is 0 Å². The van der Waals surface area contributed by atoms with Crippen molar-refractivity contribution in [3.63, 3.8) is 0 Å². The molecule has 0 aliphatic heterocycles. The van der Waals surface area contributed by atoms with Crippen LogP contribution in [0.3, 0.4) is 0 Å². The van der Waals surface area contributed by atoms with Gasteiger partial charge in [-0.15, -0.1) is 0 Å². The summed E-state index contributed by atoms with van der Waals surface area (Å²) < 4.78 is 11.1. The van der Waals surface area contributed by atoms with E-state index in [4.69, 9.17) is 9.26 Å². The number of aromatic nitrogens is 2. The molecule has 0 amide bonds. The highest BCUT2D eigenvalue weighted by Gasteiger charge is 2.32. The highest BCUT2D eigenvalue weighted by atomic mass is 16.5. The summed E-state index contributed by atoms with van der Waals surface area (Å²) in [5.74, 6) is 1.01. The van der Waals surface area contributed by atoms with Gasteiger partial charge in [0.05, 0.1) is 12.0 Å². The van der Waals surface area contributed by atoms with Gasteiger partial charge >= 0.3 is 0 Å². The molecule has 0 saturated heterocycles. The van der Waals surface area contributed by atoms with E-state index in [1.807, 2.05) is 37.3 Å². The molecule has 0 bridgehead atoms. The standard InChI is InChI=1S/C16H20N2O3/c1-2-20-14(11-7-4-3-5-8-11)15-17-16(21-18-15)12-9-6-10-13(12)19/h3-5,7-8,12-14,19H,2,6,9-10H2,1H3. The zero-order valence-corrected chi connectivity index (χ0v) is 12.1. The van der Waals surface area contributed by atoms with E-state index >= 15 is 0 Å². The van der Waals surface area contributed by atoms with E-state index in [0.29, 0.717) is 18.3 Å². The summed E-state index contributed by atoms with van der Waals surface area (Å²) in [6.45, 7) is 2.51. The van der Waals surface area contributed by atoms with Gasteiger partial charge in [0.15, 0.2) is 0 Å². The molecule has 1 aromatic heterocycles. The molecule has 3 unspecified atom stereocenters. The molecule has 1 fully saturated rings.